The van der Waals surface area contributed by atoms with Crippen molar-refractivity contribution in [2.75, 3.05) is 6.61 Å². The molecule has 0 aliphatic carbocycles. The first-order valence-electron chi connectivity index (χ1n) is 15.0. The van der Waals surface area contributed by atoms with E-state index in [1.54, 1.807) is 0 Å². The van der Waals surface area contributed by atoms with Crippen molar-refractivity contribution in [1.29, 1.82) is 0 Å². The molecule has 2 N–H and O–H groups in total. The Bertz CT molecular complexity index is 383. The minimum Gasteiger partial charge on any atom is -0.481 e. The number of rotatable bonds is 28. The van der Waals surface area contributed by atoms with Gasteiger partial charge in [-0.1, -0.05) is 155 Å². The summed E-state index contributed by atoms with van der Waals surface area (Å²) in [4.78, 5) is 10.4. The second kappa shape index (κ2) is 27.7. The van der Waals surface area contributed by atoms with Gasteiger partial charge in [0.15, 0.2) is 0 Å². The van der Waals surface area contributed by atoms with Crippen molar-refractivity contribution in [2.45, 2.75) is 174 Å². The van der Waals surface area contributed by atoms with E-state index in [0.717, 1.165) is 12.8 Å². The van der Waals surface area contributed by atoms with Crippen LogP contribution in [-0.2, 0) is 4.79 Å². The van der Waals surface area contributed by atoms with Gasteiger partial charge in [0.2, 0.25) is 0 Å². The van der Waals surface area contributed by atoms with Crippen molar-refractivity contribution in [2.24, 2.45) is 5.92 Å². The lowest BCUT2D eigenvalue weighted by molar-refractivity contribution is -0.137. The molecule has 0 heterocycles. The smallest absolute Gasteiger partial charge is 0.303 e. The van der Waals surface area contributed by atoms with E-state index in [-0.39, 0.29) is 0 Å². The molecule has 0 aromatic heterocycles. The fourth-order valence-electron chi connectivity index (χ4n) is 4.75. The molecule has 0 aromatic rings. The van der Waals surface area contributed by atoms with Gasteiger partial charge in [-0.2, -0.15) is 0 Å². The van der Waals surface area contributed by atoms with Gasteiger partial charge in [0.1, 0.15) is 0 Å². The third-order valence-electron chi connectivity index (χ3n) is 7.15. The molecule has 0 aromatic carbocycles. The number of carboxylic acid groups (broad SMARTS) is 1. The maximum Gasteiger partial charge on any atom is 0.303 e. The van der Waals surface area contributed by atoms with E-state index in [0.29, 0.717) is 18.9 Å². The number of unbranched alkanes of at least 4 members (excludes halogenated alkanes) is 23. The third kappa shape index (κ3) is 29.4. The van der Waals surface area contributed by atoms with Crippen LogP contribution in [0.25, 0.3) is 0 Å². The molecule has 1 atom stereocenters. The predicted molar refractivity (Wildman–Crippen MR) is 144 cm³/mol. The van der Waals surface area contributed by atoms with Gasteiger partial charge < -0.3 is 10.2 Å². The summed E-state index contributed by atoms with van der Waals surface area (Å²) in [5.41, 5.74) is 0. The Morgan fingerprint density at radius 2 is 0.727 bits per heavy atom. The number of aliphatic carboxylic acids is 1. The van der Waals surface area contributed by atoms with E-state index in [4.69, 9.17) is 10.2 Å². The Labute approximate surface area is 207 Å². The fraction of sp³-hybridized carbons (Fsp3) is 0.967. The molecular weight excluding hydrogens is 408 g/mol. The summed E-state index contributed by atoms with van der Waals surface area (Å²) in [7, 11) is 0. The van der Waals surface area contributed by atoms with Crippen molar-refractivity contribution in [3.05, 3.63) is 0 Å². The lowest BCUT2D eigenvalue weighted by atomic mass is 10.0. The Kier molecular flexibility index (Phi) is 27.2. The van der Waals surface area contributed by atoms with Crippen molar-refractivity contribution >= 4 is 5.97 Å². The molecule has 0 radical (unpaired) electrons. The van der Waals surface area contributed by atoms with Crippen LogP contribution in [0.2, 0.25) is 0 Å². The molecule has 0 saturated carbocycles. The highest BCUT2D eigenvalue weighted by molar-refractivity contribution is 5.66. The number of carboxylic acids is 1. The van der Waals surface area contributed by atoms with E-state index in [1.807, 2.05) is 0 Å². The molecule has 0 fully saturated rings. The lowest BCUT2D eigenvalue weighted by Crippen LogP contribution is -1.99. The Balaban J connectivity index is 3.03. The average Bonchev–Trinajstić information content (AvgIpc) is 2.80. The SMILES string of the molecule is C[C@H](CO)CCCCCCCCCCCCCCCCCCCCCCCCCCC(=O)O. The summed E-state index contributed by atoms with van der Waals surface area (Å²) in [6, 6.07) is 0. The molecule has 0 rings (SSSR count). The van der Waals surface area contributed by atoms with E-state index in [1.165, 1.54) is 148 Å². The standard InChI is InChI=1S/C30H60O3/c1-29(28-31)26-24-22-20-18-16-14-12-10-8-6-4-2-3-5-7-9-11-13-15-17-19-21-23-25-27-30(32)33/h29,31H,2-28H2,1H3,(H,32,33)/t29-/m0/s1. The van der Waals surface area contributed by atoms with Gasteiger partial charge in [0, 0.05) is 13.0 Å². The van der Waals surface area contributed by atoms with Gasteiger partial charge in [-0.3, -0.25) is 4.79 Å². The molecule has 198 valence electrons. The number of aliphatic hydroxyl groups is 1. The highest BCUT2D eigenvalue weighted by atomic mass is 16.4. The monoisotopic (exact) mass is 468 g/mol. The van der Waals surface area contributed by atoms with Crippen LogP contribution in [0.1, 0.15) is 174 Å². The quantitative estimate of drug-likeness (QED) is 0.112. The molecule has 0 saturated heterocycles. The summed E-state index contributed by atoms with van der Waals surface area (Å²) in [5, 5.41) is 17.6. The molecule has 0 unspecified atom stereocenters. The maximum atomic E-state index is 10.4. The highest BCUT2D eigenvalue weighted by Crippen LogP contribution is 2.16. The van der Waals surface area contributed by atoms with Gasteiger partial charge in [-0.25, -0.2) is 0 Å². The highest BCUT2D eigenvalue weighted by Gasteiger charge is 2.00. The zero-order valence-corrected chi connectivity index (χ0v) is 22.5. The fourth-order valence-corrected chi connectivity index (χ4v) is 4.75. The molecule has 3 nitrogen and oxygen atoms in total. The zero-order chi connectivity index (χ0) is 24.2. The Morgan fingerprint density at radius 3 is 0.970 bits per heavy atom. The number of hydrogen-bond acceptors (Lipinski definition) is 2. The van der Waals surface area contributed by atoms with Gasteiger partial charge in [0.05, 0.1) is 0 Å². The van der Waals surface area contributed by atoms with Crippen molar-refractivity contribution in [3.8, 4) is 0 Å². The summed E-state index contributed by atoms with van der Waals surface area (Å²) < 4.78 is 0. The molecule has 0 spiro atoms. The first kappa shape index (κ1) is 32.4. The lowest BCUT2D eigenvalue weighted by Gasteiger charge is -2.07. The molecule has 3 heteroatoms. The first-order chi connectivity index (χ1) is 16.2. The van der Waals surface area contributed by atoms with Crippen LogP contribution in [0.5, 0.6) is 0 Å². The molecule has 0 amide bonds. The molecular formula is C30H60O3. The Morgan fingerprint density at radius 1 is 0.485 bits per heavy atom. The number of aliphatic hydroxyl groups excluding tert-OH is 1. The molecule has 33 heavy (non-hydrogen) atoms. The minimum absolute atomic E-state index is 0.341. The van der Waals surface area contributed by atoms with Crippen LogP contribution in [0.15, 0.2) is 0 Å². The molecule has 0 bridgehead atoms. The van der Waals surface area contributed by atoms with Crippen LogP contribution in [0, 0.1) is 5.92 Å². The second-order valence-corrected chi connectivity index (χ2v) is 10.7. The topological polar surface area (TPSA) is 57.5 Å². The molecule has 0 aliphatic rings. The summed E-state index contributed by atoms with van der Waals surface area (Å²) >= 11 is 0. The van der Waals surface area contributed by atoms with Crippen molar-refractivity contribution < 1.29 is 15.0 Å². The van der Waals surface area contributed by atoms with Gasteiger partial charge >= 0.3 is 5.97 Å². The summed E-state index contributed by atoms with van der Waals surface area (Å²) in [6.07, 6.45) is 34.1. The zero-order valence-electron chi connectivity index (χ0n) is 22.5. The van der Waals surface area contributed by atoms with E-state index < -0.39 is 5.97 Å². The average molecular weight is 469 g/mol. The van der Waals surface area contributed by atoms with Crippen LogP contribution < -0.4 is 0 Å². The normalized spacial score (nSPS) is 12.3. The minimum atomic E-state index is -0.653. The second-order valence-electron chi connectivity index (χ2n) is 10.7. The predicted octanol–water partition coefficient (Wildman–Crippen LogP) is 9.84. The summed E-state index contributed by atoms with van der Waals surface area (Å²) in [6.45, 7) is 2.49. The number of hydrogen-bond donors (Lipinski definition) is 2. The van der Waals surface area contributed by atoms with Crippen molar-refractivity contribution in [1.82, 2.24) is 0 Å². The van der Waals surface area contributed by atoms with Gasteiger partial charge in [0.25, 0.3) is 0 Å². The van der Waals surface area contributed by atoms with Crippen molar-refractivity contribution in [3.63, 3.8) is 0 Å². The van der Waals surface area contributed by atoms with E-state index >= 15 is 0 Å². The largest absolute Gasteiger partial charge is 0.481 e. The van der Waals surface area contributed by atoms with Gasteiger partial charge in [-0.15, -0.1) is 0 Å². The van der Waals surface area contributed by atoms with Crippen LogP contribution in [-0.4, -0.2) is 22.8 Å². The van der Waals surface area contributed by atoms with Crippen LogP contribution in [0.3, 0.4) is 0 Å². The van der Waals surface area contributed by atoms with Gasteiger partial charge in [-0.05, 0) is 18.8 Å². The van der Waals surface area contributed by atoms with Crippen LogP contribution >= 0.6 is 0 Å². The maximum absolute atomic E-state index is 10.4. The third-order valence-corrected chi connectivity index (χ3v) is 7.15. The number of carbonyl (C=O) groups is 1. The first-order valence-corrected chi connectivity index (χ1v) is 15.0. The molecule has 0 aliphatic heterocycles. The Hall–Kier alpha value is -0.570. The van der Waals surface area contributed by atoms with Crippen LogP contribution in [0.4, 0.5) is 0 Å². The van der Waals surface area contributed by atoms with E-state index in [2.05, 4.69) is 6.92 Å². The summed E-state index contributed by atoms with van der Waals surface area (Å²) in [5.74, 6) is -0.161. The van der Waals surface area contributed by atoms with E-state index in [9.17, 15) is 4.79 Å².